The standard InChI is InChI=1S/C17H11O/c1-3-7-14-12(5-1)9-10-17-15(14)11-13-6-2-4-8-16(13)18-17/h1-11H. The lowest BCUT2D eigenvalue weighted by Crippen LogP contribution is -2.01. The van der Waals surface area contributed by atoms with E-state index in [0.717, 1.165) is 17.1 Å². The Labute approximate surface area is 106 Å². The van der Waals surface area contributed by atoms with Crippen LogP contribution in [0.1, 0.15) is 11.1 Å². The molecule has 1 aliphatic heterocycles. The molecule has 85 valence electrons. The smallest absolute Gasteiger partial charge is 0.131 e. The molecule has 0 fully saturated rings. The van der Waals surface area contributed by atoms with Crippen molar-refractivity contribution in [3.05, 3.63) is 78.2 Å². The van der Waals surface area contributed by atoms with Crippen LogP contribution in [0.4, 0.5) is 0 Å². The van der Waals surface area contributed by atoms with E-state index in [-0.39, 0.29) is 0 Å². The molecule has 0 saturated carbocycles. The third-order valence-electron chi connectivity index (χ3n) is 3.37. The summed E-state index contributed by atoms with van der Waals surface area (Å²) < 4.78 is 5.95. The van der Waals surface area contributed by atoms with Gasteiger partial charge in [-0.2, -0.15) is 0 Å². The van der Waals surface area contributed by atoms with Crippen LogP contribution < -0.4 is 4.74 Å². The van der Waals surface area contributed by atoms with Gasteiger partial charge in [0, 0.05) is 17.5 Å². The van der Waals surface area contributed by atoms with Crippen LogP contribution >= 0.6 is 0 Å². The van der Waals surface area contributed by atoms with Gasteiger partial charge in [0.1, 0.15) is 11.5 Å². The molecule has 0 bridgehead atoms. The summed E-state index contributed by atoms with van der Waals surface area (Å²) in [4.78, 5) is 0. The molecule has 0 saturated heterocycles. The van der Waals surface area contributed by atoms with Crippen molar-refractivity contribution < 1.29 is 4.74 Å². The summed E-state index contributed by atoms with van der Waals surface area (Å²) in [5, 5.41) is 2.49. The Kier molecular flexibility index (Phi) is 1.95. The van der Waals surface area contributed by atoms with E-state index in [4.69, 9.17) is 4.74 Å². The van der Waals surface area contributed by atoms with Gasteiger partial charge in [0.25, 0.3) is 0 Å². The molecule has 1 heterocycles. The molecule has 1 aliphatic rings. The molecule has 4 rings (SSSR count). The van der Waals surface area contributed by atoms with Gasteiger partial charge in [0.05, 0.1) is 0 Å². The zero-order valence-corrected chi connectivity index (χ0v) is 9.76. The first kappa shape index (κ1) is 9.72. The zero-order valence-electron chi connectivity index (χ0n) is 9.76. The van der Waals surface area contributed by atoms with Gasteiger partial charge < -0.3 is 4.74 Å². The average molecular weight is 231 g/mol. The first-order valence-electron chi connectivity index (χ1n) is 6.05. The molecule has 1 nitrogen and oxygen atoms in total. The summed E-state index contributed by atoms with van der Waals surface area (Å²) in [7, 11) is 0. The summed E-state index contributed by atoms with van der Waals surface area (Å²) >= 11 is 0. The van der Waals surface area contributed by atoms with Gasteiger partial charge in [0.15, 0.2) is 0 Å². The van der Waals surface area contributed by atoms with Crippen molar-refractivity contribution in [3.8, 4) is 11.5 Å². The Balaban J connectivity index is 1.98. The summed E-state index contributed by atoms with van der Waals surface area (Å²) in [5.41, 5.74) is 2.31. The predicted molar refractivity (Wildman–Crippen MR) is 73.0 cm³/mol. The zero-order chi connectivity index (χ0) is 11.9. The fourth-order valence-electron chi connectivity index (χ4n) is 2.48. The van der Waals surface area contributed by atoms with Crippen molar-refractivity contribution in [3.63, 3.8) is 0 Å². The van der Waals surface area contributed by atoms with Crippen molar-refractivity contribution in [1.29, 1.82) is 0 Å². The number of rotatable bonds is 0. The quantitative estimate of drug-likeness (QED) is 0.431. The molecule has 3 aromatic carbocycles. The van der Waals surface area contributed by atoms with E-state index in [1.54, 1.807) is 0 Å². The number of para-hydroxylation sites is 1. The first-order chi connectivity index (χ1) is 8.92. The Bertz CT molecular complexity index is 743. The molecular formula is C17H11O. The van der Waals surface area contributed by atoms with Crippen LogP contribution in [0.15, 0.2) is 60.7 Å². The molecule has 0 aliphatic carbocycles. The Morgan fingerprint density at radius 2 is 1.50 bits per heavy atom. The highest BCUT2D eigenvalue weighted by Crippen LogP contribution is 2.40. The van der Waals surface area contributed by atoms with Crippen molar-refractivity contribution in [1.82, 2.24) is 0 Å². The molecule has 0 atom stereocenters. The average Bonchev–Trinajstić information content (AvgIpc) is 2.45. The van der Waals surface area contributed by atoms with Crippen LogP contribution in [0.25, 0.3) is 10.8 Å². The van der Waals surface area contributed by atoms with E-state index in [1.165, 1.54) is 16.3 Å². The van der Waals surface area contributed by atoms with Gasteiger partial charge >= 0.3 is 0 Å². The molecule has 0 amide bonds. The maximum absolute atomic E-state index is 5.95. The van der Waals surface area contributed by atoms with Gasteiger partial charge in [-0.1, -0.05) is 48.5 Å². The normalized spacial score (nSPS) is 12.7. The third kappa shape index (κ3) is 1.34. The number of hydrogen-bond acceptors (Lipinski definition) is 1. The van der Waals surface area contributed by atoms with Crippen molar-refractivity contribution >= 4 is 10.8 Å². The van der Waals surface area contributed by atoms with Crippen LogP contribution in [-0.2, 0) is 0 Å². The Morgan fingerprint density at radius 3 is 2.50 bits per heavy atom. The number of benzene rings is 3. The minimum atomic E-state index is 0.931. The second-order valence-corrected chi connectivity index (χ2v) is 4.48. The molecule has 1 heteroatoms. The summed E-state index contributed by atoms with van der Waals surface area (Å²) in [6, 6.07) is 20.7. The largest absolute Gasteiger partial charge is 0.457 e. The van der Waals surface area contributed by atoms with Gasteiger partial charge in [-0.15, -0.1) is 0 Å². The Hall–Kier alpha value is -2.28. The summed E-state index contributed by atoms with van der Waals surface area (Å²) in [6.45, 7) is 0. The predicted octanol–water partition coefficient (Wildman–Crippen LogP) is 4.55. The summed E-state index contributed by atoms with van der Waals surface area (Å²) in [6.07, 6.45) is 2.20. The molecule has 1 radical (unpaired) electrons. The minimum Gasteiger partial charge on any atom is -0.457 e. The fraction of sp³-hybridized carbons (Fsp3) is 0. The number of ether oxygens (including phenoxy) is 1. The monoisotopic (exact) mass is 231 g/mol. The molecule has 18 heavy (non-hydrogen) atoms. The third-order valence-corrected chi connectivity index (χ3v) is 3.37. The van der Waals surface area contributed by atoms with E-state index < -0.39 is 0 Å². The highest BCUT2D eigenvalue weighted by atomic mass is 16.5. The van der Waals surface area contributed by atoms with Crippen molar-refractivity contribution in [2.24, 2.45) is 0 Å². The molecule has 3 aromatic rings. The molecular weight excluding hydrogens is 220 g/mol. The minimum absolute atomic E-state index is 0.931. The van der Waals surface area contributed by atoms with Crippen LogP contribution in [0.5, 0.6) is 11.5 Å². The molecule has 0 unspecified atom stereocenters. The van der Waals surface area contributed by atoms with Gasteiger partial charge in [-0.3, -0.25) is 0 Å². The van der Waals surface area contributed by atoms with Crippen LogP contribution in [0, 0.1) is 6.42 Å². The van der Waals surface area contributed by atoms with E-state index in [2.05, 4.69) is 42.8 Å². The van der Waals surface area contributed by atoms with Crippen molar-refractivity contribution in [2.45, 2.75) is 0 Å². The molecule has 0 N–H and O–H groups in total. The SMILES string of the molecule is [CH]1c2ccccc2Oc2ccc3ccccc3c21. The number of fused-ring (bicyclic) bond motifs is 4. The molecule has 0 spiro atoms. The van der Waals surface area contributed by atoms with E-state index in [1.807, 2.05) is 24.3 Å². The first-order valence-corrected chi connectivity index (χ1v) is 6.05. The maximum Gasteiger partial charge on any atom is 0.131 e. The van der Waals surface area contributed by atoms with Gasteiger partial charge in [0.2, 0.25) is 0 Å². The highest BCUT2D eigenvalue weighted by molar-refractivity contribution is 5.90. The van der Waals surface area contributed by atoms with Crippen LogP contribution in [0.3, 0.4) is 0 Å². The maximum atomic E-state index is 5.95. The summed E-state index contributed by atoms with van der Waals surface area (Å²) in [5.74, 6) is 1.87. The lowest BCUT2D eigenvalue weighted by atomic mass is 9.95. The Morgan fingerprint density at radius 1 is 0.667 bits per heavy atom. The van der Waals surface area contributed by atoms with Gasteiger partial charge in [-0.25, -0.2) is 0 Å². The van der Waals surface area contributed by atoms with Gasteiger partial charge in [-0.05, 0) is 22.9 Å². The lowest BCUT2D eigenvalue weighted by molar-refractivity contribution is 0.470. The molecule has 0 aromatic heterocycles. The van der Waals surface area contributed by atoms with E-state index >= 15 is 0 Å². The number of hydrogen-bond donors (Lipinski definition) is 0. The van der Waals surface area contributed by atoms with Crippen LogP contribution in [-0.4, -0.2) is 0 Å². The van der Waals surface area contributed by atoms with Crippen LogP contribution in [0.2, 0.25) is 0 Å². The lowest BCUT2D eigenvalue weighted by Gasteiger charge is -2.21. The van der Waals surface area contributed by atoms with E-state index in [9.17, 15) is 0 Å². The second-order valence-electron chi connectivity index (χ2n) is 4.48. The fourth-order valence-corrected chi connectivity index (χ4v) is 2.48. The highest BCUT2D eigenvalue weighted by Gasteiger charge is 2.18. The second kappa shape index (κ2) is 3.61. The van der Waals surface area contributed by atoms with E-state index in [0.29, 0.717) is 0 Å². The van der Waals surface area contributed by atoms with Crippen molar-refractivity contribution in [2.75, 3.05) is 0 Å². The topological polar surface area (TPSA) is 9.23 Å².